The monoisotopic (exact) mass is 299 g/mol. The van der Waals surface area contributed by atoms with Crippen molar-refractivity contribution >= 4 is 16.9 Å². The van der Waals surface area contributed by atoms with Gasteiger partial charge in [-0.15, -0.1) is 0 Å². The van der Waals surface area contributed by atoms with Crippen LogP contribution in [-0.2, 0) is 9.53 Å². The van der Waals surface area contributed by atoms with Crippen molar-refractivity contribution in [3.05, 3.63) is 30.1 Å². The second-order valence-corrected chi connectivity index (χ2v) is 6.76. The predicted molar refractivity (Wildman–Crippen MR) is 83.6 cm³/mol. The van der Waals surface area contributed by atoms with Crippen LogP contribution >= 0.6 is 0 Å². The summed E-state index contributed by atoms with van der Waals surface area (Å²) in [6, 6.07) is 8.12. The molecule has 1 amide bonds. The zero-order valence-corrected chi connectivity index (χ0v) is 12.8. The Bertz CT molecular complexity index is 664. The minimum absolute atomic E-state index is 0.252. The van der Waals surface area contributed by atoms with Crippen LogP contribution < -0.4 is 0 Å². The van der Waals surface area contributed by atoms with Gasteiger partial charge in [0.25, 0.3) is 0 Å². The third-order valence-electron chi connectivity index (χ3n) is 4.93. The van der Waals surface area contributed by atoms with E-state index in [1.165, 1.54) is 0 Å². The summed E-state index contributed by atoms with van der Waals surface area (Å²) >= 11 is 0. The molecular formula is C17H21N3O2. The summed E-state index contributed by atoms with van der Waals surface area (Å²) in [5, 5.41) is 0. The molecule has 2 aromatic rings. The van der Waals surface area contributed by atoms with Crippen molar-refractivity contribution in [2.75, 3.05) is 26.3 Å². The summed E-state index contributed by atoms with van der Waals surface area (Å²) in [6.07, 6.45) is 1.95. The van der Waals surface area contributed by atoms with Crippen molar-refractivity contribution < 1.29 is 9.53 Å². The molecule has 22 heavy (non-hydrogen) atoms. The highest BCUT2D eigenvalue weighted by Gasteiger charge is 2.44. The summed E-state index contributed by atoms with van der Waals surface area (Å²) in [4.78, 5) is 22.6. The number of para-hydroxylation sites is 2. The number of ether oxygens (including phenoxy) is 1. The number of nitrogens with zero attached hydrogens (tertiary/aromatic N) is 2. The molecule has 0 unspecified atom stereocenters. The van der Waals surface area contributed by atoms with Gasteiger partial charge in [0.1, 0.15) is 5.82 Å². The summed E-state index contributed by atoms with van der Waals surface area (Å²) in [7, 11) is 0. The normalized spacial score (nSPS) is 21.8. The van der Waals surface area contributed by atoms with Gasteiger partial charge < -0.3 is 14.6 Å². The molecule has 5 heteroatoms. The molecule has 0 spiro atoms. The molecule has 2 fully saturated rings. The zero-order chi connectivity index (χ0) is 15.2. The van der Waals surface area contributed by atoms with Crippen LogP contribution in [0, 0.1) is 5.41 Å². The molecule has 0 atom stereocenters. The van der Waals surface area contributed by atoms with Crippen molar-refractivity contribution in [2.45, 2.75) is 25.7 Å². The molecule has 0 bridgehead atoms. The van der Waals surface area contributed by atoms with Gasteiger partial charge in [0.2, 0.25) is 5.91 Å². The van der Waals surface area contributed by atoms with Gasteiger partial charge in [-0.1, -0.05) is 12.1 Å². The number of hydrogen-bond donors (Lipinski definition) is 1. The minimum atomic E-state index is -0.286. The fraction of sp³-hybridized carbons (Fsp3) is 0.529. The molecule has 1 N–H and O–H groups in total. The molecule has 5 nitrogen and oxygen atoms in total. The first-order chi connectivity index (χ1) is 10.7. The van der Waals surface area contributed by atoms with Gasteiger partial charge in [0.15, 0.2) is 0 Å². The number of rotatable bonds is 2. The average Bonchev–Trinajstić information content (AvgIpc) is 2.96. The SMILES string of the molecule is CC1(C(=O)N2CCC(c3nc4ccccc4[nH]3)CC2)COC1. The van der Waals surface area contributed by atoms with E-state index in [0.29, 0.717) is 19.1 Å². The van der Waals surface area contributed by atoms with Crippen LogP contribution in [0.25, 0.3) is 11.0 Å². The second kappa shape index (κ2) is 5.09. The number of nitrogens with one attached hydrogen (secondary N) is 1. The van der Waals surface area contributed by atoms with Gasteiger partial charge in [-0.2, -0.15) is 0 Å². The Hall–Kier alpha value is -1.88. The lowest BCUT2D eigenvalue weighted by molar-refractivity contribution is -0.169. The van der Waals surface area contributed by atoms with Crippen molar-refractivity contribution in [2.24, 2.45) is 5.41 Å². The highest BCUT2D eigenvalue weighted by Crippen LogP contribution is 2.33. The molecule has 0 saturated carbocycles. The number of amides is 1. The second-order valence-electron chi connectivity index (χ2n) is 6.76. The number of aromatic nitrogens is 2. The Morgan fingerprint density at radius 3 is 2.68 bits per heavy atom. The van der Waals surface area contributed by atoms with E-state index in [1.54, 1.807) is 0 Å². The molecule has 2 aliphatic rings. The number of benzene rings is 1. The molecule has 0 radical (unpaired) electrons. The van der Waals surface area contributed by atoms with Crippen LogP contribution in [0.3, 0.4) is 0 Å². The lowest BCUT2D eigenvalue weighted by Gasteiger charge is -2.42. The third-order valence-corrected chi connectivity index (χ3v) is 4.93. The third kappa shape index (κ3) is 2.20. The van der Waals surface area contributed by atoms with E-state index < -0.39 is 0 Å². The standard InChI is InChI=1S/C17H21N3O2/c1-17(10-22-11-17)16(21)20-8-6-12(7-9-20)15-18-13-4-2-3-5-14(13)19-15/h2-5,12H,6-11H2,1H3,(H,18,19). The Morgan fingerprint density at radius 1 is 1.32 bits per heavy atom. The summed E-state index contributed by atoms with van der Waals surface area (Å²) in [5.74, 6) is 1.73. The maximum Gasteiger partial charge on any atom is 0.233 e. The maximum atomic E-state index is 12.5. The number of piperidine rings is 1. The Balaban J connectivity index is 1.44. The van der Waals surface area contributed by atoms with E-state index in [-0.39, 0.29) is 11.3 Å². The average molecular weight is 299 g/mol. The largest absolute Gasteiger partial charge is 0.379 e. The van der Waals surface area contributed by atoms with E-state index >= 15 is 0 Å². The molecule has 2 saturated heterocycles. The van der Waals surface area contributed by atoms with Crippen LogP contribution in [0.2, 0.25) is 0 Å². The lowest BCUT2D eigenvalue weighted by atomic mass is 9.85. The molecule has 2 aliphatic heterocycles. The summed E-state index contributed by atoms with van der Waals surface area (Å²) in [6.45, 7) is 4.76. The van der Waals surface area contributed by atoms with Crippen molar-refractivity contribution in [3.8, 4) is 0 Å². The number of aromatic amines is 1. The van der Waals surface area contributed by atoms with Gasteiger partial charge in [-0.25, -0.2) is 4.98 Å². The predicted octanol–water partition coefficient (Wildman–Crippen LogP) is 2.31. The molecule has 4 rings (SSSR count). The quantitative estimate of drug-likeness (QED) is 0.925. The molecular weight excluding hydrogens is 278 g/mol. The smallest absolute Gasteiger partial charge is 0.233 e. The fourth-order valence-corrected chi connectivity index (χ4v) is 3.44. The minimum Gasteiger partial charge on any atom is -0.379 e. The van der Waals surface area contributed by atoms with Crippen LogP contribution in [-0.4, -0.2) is 47.1 Å². The maximum absolute atomic E-state index is 12.5. The molecule has 0 aliphatic carbocycles. The molecule has 1 aromatic carbocycles. The summed E-state index contributed by atoms with van der Waals surface area (Å²) in [5.41, 5.74) is 1.83. The zero-order valence-electron chi connectivity index (χ0n) is 12.8. The lowest BCUT2D eigenvalue weighted by Crippen LogP contribution is -2.54. The number of likely N-dealkylation sites (tertiary alicyclic amines) is 1. The first-order valence-electron chi connectivity index (χ1n) is 7.97. The van der Waals surface area contributed by atoms with E-state index in [2.05, 4.69) is 11.1 Å². The first-order valence-corrected chi connectivity index (χ1v) is 7.97. The van der Waals surface area contributed by atoms with Gasteiger partial charge in [0.05, 0.1) is 29.7 Å². The molecule has 3 heterocycles. The number of carbonyl (C=O) groups is 1. The number of hydrogen-bond acceptors (Lipinski definition) is 3. The first kappa shape index (κ1) is 13.8. The Morgan fingerprint density at radius 2 is 2.05 bits per heavy atom. The van der Waals surface area contributed by atoms with Crippen molar-refractivity contribution in [3.63, 3.8) is 0 Å². The van der Waals surface area contributed by atoms with Crippen molar-refractivity contribution in [1.29, 1.82) is 0 Å². The highest BCUT2D eigenvalue weighted by molar-refractivity contribution is 5.83. The molecule has 116 valence electrons. The van der Waals surface area contributed by atoms with E-state index in [9.17, 15) is 4.79 Å². The van der Waals surface area contributed by atoms with Crippen LogP contribution in [0.15, 0.2) is 24.3 Å². The highest BCUT2D eigenvalue weighted by atomic mass is 16.5. The van der Waals surface area contributed by atoms with Crippen LogP contribution in [0.4, 0.5) is 0 Å². The van der Waals surface area contributed by atoms with Crippen LogP contribution in [0.1, 0.15) is 31.5 Å². The van der Waals surface area contributed by atoms with Gasteiger partial charge in [-0.05, 0) is 31.9 Å². The van der Waals surface area contributed by atoms with Gasteiger partial charge in [-0.3, -0.25) is 4.79 Å². The fourth-order valence-electron chi connectivity index (χ4n) is 3.44. The van der Waals surface area contributed by atoms with Crippen LogP contribution in [0.5, 0.6) is 0 Å². The Kier molecular flexibility index (Phi) is 3.18. The van der Waals surface area contributed by atoms with E-state index in [0.717, 1.165) is 42.8 Å². The van der Waals surface area contributed by atoms with Gasteiger partial charge >= 0.3 is 0 Å². The molecule has 1 aromatic heterocycles. The number of fused-ring (bicyclic) bond motifs is 1. The van der Waals surface area contributed by atoms with Gasteiger partial charge in [0, 0.05) is 19.0 Å². The summed E-state index contributed by atoms with van der Waals surface area (Å²) < 4.78 is 5.21. The topological polar surface area (TPSA) is 58.2 Å². The number of H-pyrrole nitrogens is 1. The number of carbonyl (C=O) groups excluding carboxylic acids is 1. The van der Waals surface area contributed by atoms with E-state index in [4.69, 9.17) is 9.72 Å². The number of imidazole rings is 1. The Labute approximate surface area is 129 Å². The van der Waals surface area contributed by atoms with E-state index in [1.807, 2.05) is 30.0 Å². The van der Waals surface area contributed by atoms with Crippen molar-refractivity contribution in [1.82, 2.24) is 14.9 Å².